The van der Waals surface area contributed by atoms with E-state index in [1.807, 2.05) is 24.3 Å². The van der Waals surface area contributed by atoms with Gasteiger partial charge >= 0.3 is 5.97 Å². The highest BCUT2D eigenvalue weighted by Crippen LogP contribution is 2.69. The van der Waals surface area contributed by atoms with Crippen LogP contribution in [0.1, 0.15) is 62.8 Å². The molecule has 5 aliphatic rings. The summed E-state index contributed by atoms with van der Waals surface area (Å²) in [5.41, 5.74) is 1.36. The lowest BCUT2D eigenvalue weighted by Crippen LogP contribution is -2.41. The Balaban J connectivity index is 1.36. The van der Waals surface area contributed by atoms with Gasteiger partial charge in [-0.05, 0) is 71.6 Å². The Hall–Kier alpha value is -3.17. The number of hydrogen-bond acceptors (Lipinski definition) is 9. The Morgan fingerprint density at radius 1 is 0.951 bits per heavy atom. The fourth-order valence-electron chi connectivity index (χ4n) is 7.96. The van der Waals surface area contributed by atoms with Crippen LogP contribution in [0, 0.1) is 29.6 Å². The summed E-state index contributed by atoms with van der Waals surface area (Å²) < 4.78 is 48.4. The summed E-state index contributed by atoms with van der Waals surface area (Å²) >= 11 is 0. The highest BCUT2D eigenvalue weighted by Gasteiger charge is 2.72. The van der Waals surface area contributed by atoms with Gasteiger partial charge in [0.25, 0.3) is 0 Å². The molecule has 4 aliphatic heterocycles. The molecule has 2 aromatic rings. The molecule has 0 radical (unpaired) electrons. The van der Waals surface area contributed by atoms with E-state index >= 15 is 0 Å². The maximum absolute atomic E-state index is 13.9. The first-order valence-electron chi connectivity index (χ1n) is 14.6. The number of methoxy groups -OCH3 is 3. The van der Waals surface area contributed by atoms with Gasteiger partial charge in [-0.2, -0.15) is 0 Å². The van der Waals surface area contributed by atoms with E-state index < -0.39 is 23.9 Å². The summed E-state index contributed by atoms with van der Waals surface area (Å²) in [6.45, 7) is 6.92. The number of hydrogen-bond donors (Lipinski definition) is 0. The number of fused-ring (bicyclic) bond motifs is 9. The molecule has 8 atom stereocenters. The Labute approximate surface area is 240 Å². The van der Waals surface area contributed by atoms with Crippen LogP contribution in [0.3, 0.4) is 0 Å². The lowest BCUT2D eigenvalue weighted by atomic mass is 9.66. The molecule has 2 saturated heterocycles. The lowest BCUT2D eigenvalue weighted by molar-refractivity contribution is -0.205. The monoisotopic (exact) mass is 566 g/mol. The summed E-state index contributed by atoms with van der Waals surface area (Å²) in [7, 11) is 4.71. The number of carbonyl (C=O) groups excluding carboxylic acids is 1. The second-order valence-corrected chi connectivity index (χ2v) is 12.3. The molecule has 2 aromatic carbocycles. The van der Waals surface area contributed by atoms with Gasteiger partial charge in [-0.15, -0.1) is 0 Å². The zero-order chi connectivity index (χ0) is 28.6. The molecule has 0 amide bonds. The topological polar surface area (TPSA) is 90.9 Å². The lowest BCUT2D eigenvalue weighted by Gasteiger charge is -2.39. The third-order valence-electron chi connectivity index (χ3n) is 9.90. The molecule has 220 valence electrons. The fourth-order valence-corrected chi connectivity index (χ4v) is 7.96. The minimum atomic E-state index is -1.16. The molecular weight excluding hydrogens is 528 g/mol. The van der Waals surface area contributed by atoms with Crippen LogP contribution < -0.4 is 23.7 Å². The van der Waals surface area contributed by atoms with Crippen molar-refractivity contribution >= 4 is 5.97 Å². The summed E-state index contributed by atoms with van der Waals surface area (Å²) in [6, 6.07) is 7.65. The van der Waals surface area contributed by atoms with E-state index in [2.05, 4.69) is 20.8 Å². The van der Waals surface area contributed by atoms with Crippen molar-refractivity contribution in [2.24, 2.45) is 29.6 Å². The van der Waals surface area contributed by atoms with E-state index in [0.717, 1.165) is 24.0 Å². The first-order valence-corrected chi connectivity index (χ1v) is 14.6. The zero-order valence-corrected chi connectivity index (χ0v) is 24.4. The van der Waals surface area contributed by atoms with Crippen LogP contribution in [0.25, 0.3) is 0 Å². The molecule has 4 heterocycles. The molecule has 1 saturated carbocycles. The molecule has 9 nitrogen and oxygen atoms in total. The molecule has 0 N–H and O–H groups in total. The SMILES string of the molecule is COc1cc([C@@]23O[C@@H](c4cc5c(cc42)OCO5)[C@@H]2[C@H](O[C@@H]4C[C@H](C)CC[C@H]4C(C)C)OC(=O)[C@H]23)cc(OC)c1OC. The predicted molar refractivity (Wildman–Crippen MR) is 146 cm³/mol. The van der Waals surface area contributed by atoms with Crippen LogP contribution in [0.15, 0.2) is 24.3 Å². The van der Waals surface area contributed by atoms with Crippen LogP contribution in [0.5, 0.6) is 28.7 Å². The van der Waals surface area contributed by atoms with Gasteiger partial charge in [0.2, 0.25) is 18.8 Å². The number of benzene rings is 2. The largest absolute Gasteiger partial charge is 0.493 e. The van der Waals surface area contributed by atoms with E-state index in [1.165, 1.54) is 6.42 Å². The number of cyclic esters (lactones) is 1. The molecule has 0 spiro atoms. The first kappa shape index (κ1) is 26.7. The fraction of sp³-hybridized carbons (Fsp3) is 0.594. The Morgan fingerprint density at radius 2 is 1.66 bits per heavy atom. The van der Waals surface area contributed by atoms with Gasteiger partial charge in [0.05, 0.1) is 39.5 Å². The van der Waals surface area contributed by atoms with Gasteiger partial charge in [0.15, 0.2) is 23.0 Å². The molecular formula is C32H38O9. The number of carbonyl (C=O) groups is 1. The average Bonchev–Trinajstić information content (AvgIpc) is 3.72. The minimum absolute atomic E-state index is 0.0165. The van der Waals surface area contributed by atoms with Crippen molar-refractivity contribution in [2.75, 3.05) is 28.1 Å². The number of ether oxygens (including phenoxy) is 8. The average molecular weight is 567 g/mol. The van der Waals surface area contributed by atoms with Crippen molar-refractivity contribution in [3.8, 4) is 28.7 Å². The van der Waals surface area contributed by atoms with Crippen molar-refractivity contribution in [2.45, 2.75) is 64.1 Å². The normalized spacial score (nSPS) is 34.4. The van der Waals surface area contributed by atoms with Crippen molar-refractivity contribution in [3.63, 3.8) is 0 Å². The van der Waals surface area contributed by atoms with Crippen molar-refractivity contribution in [1.29, 1.82) is 0 Å². The highest BCUT2D eigenvalue weighted by molar-refractivity contribution is 5.81. The quantitative estimate of drug-likeness (QED) is 0.411. The van der Waals surface area contributed by atoms with Crippen molar-refractivity contribution < 1.29 is 42.7 Å². The summed E-state index contributed by atoms with van der Waals surface area (Å²) in [6.07, 6.45) is 2.13. The standard InChI is InChI=1S/C32H38O9/c1-15(2)18-8-7-16(3)9-21(18)39-31-26-27(30(33)40-31)32(17-10-24(34-4)29(36-6)25(11-17)35-5)20-13-23-22(37-14-38-23)12-19(20)28(26)41-32/h10-13,15-16,18,21,26-28,31H,7-9,14H2,1-6H3/t16-,18+,21-,26-,27+,28+,31-,32-/m1/s1. The van der Waals surface area contributed by atoms with Crippen LogP contribution in [-0.2, 0) is 24.6 Å². The third-order valence-corrected chi connectivity index (χ3v) is 9.90. The molecule has 3 fully saturated rings. The number of esters is 1. The van der Waals surface area contributed by atoms with Gasteiger partial charge < -0.3 is 37.9 Å². The molecule has 0 aromatic heterocycles. The van der Waals surface area contributed by atoms with E-state index in [1.54, 1.807) is 21.3 Å². The van der Waals surface area contributed by atoms with Gasteiger partial charge in [0.1, 0.15) is 11.5 Å². The van der Waals surface area contributed by atoms with Crippen molar-refractivity contribution in [1.82, 2.24) is 0 Å². The molecule has 1 aliphatic carbocycles. The maximum atomic E-state index is 13.9. The second kappa shape index (κ2) is 9.70. The Bertz CT molecular complexity index is 1350. The predicted octanol–water partition coefficient (Wildman–Crippen LogP) is 5.36. The van der Waals surface area contributed by atoms with Crippen LogP contribution in [-0.4, -0.2) is 46.5 Å². The van der Waals surface area contributed by atoms with Crippen LogP contribution >= 0.6 is 0 Å². The van der Waals surface area contributed by atoms with Gasteiger partial charge in [0, 0.05) is 0 Å². The first-order chi connectivity index (χ1) is 19.8. The molecule has 7 rings (SSSR count). The summed E-state index contributed by atoms with van der Waals surface area (Å²) in [5, 5.41) is 0. The number of rotatable bonds is 7. The van der Waals surface area contributed by atoms with E-state index in [0.29, 0.717) is 52.1 Å². The van der Waals surface area contributed by atoms with Crippen molar-refractivity contribution in [3.05, 3.63) is 41.0 Å². The molecule has 0 unspecified atom stereocenters. The summed E-state index contributed by atoms with van der Waals surface area (Å²) in [4.78, 5) is 13.9. The van der Waals surface area contributed by atoms with E-state index in [4.69, 9.17) is 37.9 Å². The Kier molecular flexibility index (Phi) is 6.32. The molecule has 9 heteroatoms. The third kappa shape index (κ3) is 3.77. The van der Waals surface area contributed by atoms with E-state index in [9.17, 15) is 4.79 Å². The van der Waals surface area contributed by atoms with Gasteiger partial charge in [-0.1, -0.05) is 27.2 Å². The summed E-state index contributed by atoms with van der Waals surface area (Å²) in [5.74, 6) is 2.86. The van der Waals surface area contributed by atoms with Crippen LogP contribution in [0.2, 0.25) is 0 Å². The van der Waals surface area contributed by atoms with Gasteiger partial charge in [-0.3, -0.25) is 4.79 Å². The van der Waals surface area contributed by atoms with Crippen LogP contribution in [0.4, 0.5) is 0 Å². The maximum Gasteiger partial charge on any atom is 0.315 e. The smallest absolute Gasteiger partial charge is 0.315 e. The highest BCUT2D eigenvalue weighted by atomic mass is 16.7. The molecule has 2 bridgehead atoms. The Morgan fingerprint density at radius 3 is 2.32 bits per heavy atom. The molecule has 41 heavy (non-hydrogen) atoms. The zero-order valence-electron chi connectivity index (χ0n) is 24.4. The van der Waals surface area contributed by atoms with E-state index in [-0.39, 0.29) is 24.8 Å². The second-order valence-electron chi connectivity index (χ2n) is 12.3. The van der Waals surface area contributed by atoms with Gasteiger partial charge in [-0.25, -0.2) is 0 Å². The minimum Gasteiger partial charge on any atom is -0.493 e.